The second kappa shape index (κ2) is 12.7. The van der Waals surface area contributed by atoms with Crippen LogP contribution >= 0.6 is 0 Å². The molecule has 5 heteroatoms. The van der Waals surface area contributed by atoms with E-state index in [0.29, 0.717) is 25.3 Å². The summed E-state index contributed by atoms with van der Waals surface area (Å²) in [5, 5.41) is 2.92. The SMILES string of the molecule is CCNC(=O)[C@H](Cc1ccccc1)N(Cc1cccc(C)c1)C(=O)COc1ccccc1C(C)C. The highest BCUT2D eigenvalue weighted by atomic mass is 16.5. The first-order chi connectivity index (χ1) is 16.9. The minimum atomic E-state index is -0.658. The maximum Gasteiger partial charge on any atom is 0.261 e. The van der Waals surface area contributed by atoms with E-state index in [0.717, 1.165) is 22.3 Å². The van der Waals surface area contributed by atoms with Crippen LogP contribution in [-0.4, -0.2) is 35.9 Å². The van der Waals surface area contributed by atoms with Crippen LogP contribution in [0.15, 0.2) is 78.9 Å². The standard InChI is InChI=1S/C30H36N2O3/c1-5-31-30(34)27(19-24-13-7-6-8-14-24)32(20-25-15-11-12-23(4)18-25)29(33)21-35-28-17-10-9-16-26(28)22(2)3/h6-18,22,27H,5,19-21H2,1-4H3,(H,31,34)/t27-/m0/s1. The Morgan fingerprint density at radius 2 is 1.60 bits per heavy atom. The molecular weight excluding hydrogens is 436 g/mol. The van der Waals surface area contributed by atoms with Gasteiger partial charge in [0.05, 0.1) is 0 Å². The normalized spacial score (nSPS) is 11.7. The number of carbonyl (C=O) groups is 2. The number of aryl methyl sites for hydroxylation is 1. The first kappa shape index (κ1) is 26.0. The summed E-state index contributed by atoms with van der Waals surface area (Å²) < 4.78 is 6.02. The van der Waals surface area contributed by atoms with Gasteiger partial charge in [-0.1, -0.05) is 92.2 Å². The molecule has 0 bridgehead atoms. The van der Waals surface area contributed by atoms with E-state index in [1.165, 1.54) is 0 Å². The molecule has 0 radical (unpaired) electrons. The average molecular weight is 473 g/mol. The van der Waals surface area contributed by atoms with Crippen LogP contribution in [0.25, 0.3) is 0 Å². The van der Waals surface area contributed by atoms with Gasteiger partial charge in [-0.3, -0.25) is 9.59 Å². The van der Waals surface area contributed by atoms with Gasteiger partial charge in [-0.2, -0.15) is 0 Å². The summed E-state index contributed by atoms with van der Waals surface area (Å²) in [5.41, 5.74) is 4.13. The molecule has 0 aliphatic carbocycles. The number of carbonyl (C=O) groups excluding carboxylic acids is 2. The largest absolute Gasteiger partial charge is 0.483 e. The predicted octanol–water partition coefficient (Wildman–Crippen LogP) is 5.27. The maximum absolute atomic E-state index is 13.6. The average Bonchev–Trinajstić information content (AvgIpc) is 2.85. The highest BCUT2D eigenvalue weighted by Gasteiger charge is 2.30. The third-order valence-electron chi connectivity index (χ3n) is 5.95. The number of hydrogen-bond donors (Lipinski definition) is 1. The number of hydrogen-bond acceptors (Lipinski definition) is 3. The predicted molar refractivity (Wildman–Crippen MR) is 140 cm³/mol. The Balaban J connectivity index is 1.91. The molecule has 0 saturated heterocycles. The quantitative estimate of drug-likeness (QED) is 0.413. The van der Waals surface area contributed by atoms with Gasteiger partial charge in [0.1, 0.15) is 11.8 Å². The number of benzene rings is 3. The number of nitrogens with one attached hydrogen (secondary N) is 1. The third-order valence-corrected chi connectivity index (χ3v) is 5.95. The van der Waals surface area contributed by atoms with Crippen LogP contribution in [-0.2, 0) is 22.6 Å². The third kappa shape index (κ3) is 7.44. The fourth-order valence-electron chi connectivity index (χ4n) is 4.16. The lowest BCUT2D eigenvalue weighted by molar-refractivity contribution is -0.142. The molecule has 0 aliphatic rings. The van der Waals surface area contributed by atoms with Gasteiger partial charge in [0.2, 0.25) is 5.91 Å². The monoisotopic (exact) mass is 472 g/mol. The lowest BCUT2D eigenvalue weighted by Gasteiger charge is -2.31. The highest BCUT2D eigenvalue weighted by Crippen LogP contribution is 2.26. The summed E-state index contributed by atoms with van der Waals surface area (Å²) in [6.45, 7) is 8.78. The fraction of sp³-hybridized carbons (Fsp3) is 0.333. The van der Waals surface area contributed by atoms with Crippen molar-refractivity contribution < 1.29 is 14.3 Å². The van der Waals surface area contributed by atoms with Gasteiger partial charge in [0.25, 0.3) is 5.91 Å². The van der Waals surface area contributed by atoms with Crippen molar-refractivity contribution in [1.82, 2.24) is 10.2 Å². The Hall–Kier alpha value is -3.60. The lowest BCUT2D eigenvalue weighted by atomic mass is 10.0. The minimum absolute atomic E-state index is 0.139. The van der Waals surface area contributed by atoms with Gasteiger partial charge >= 0.3 is 0 Å². The van der Waals surface area contributed by atoms with E-state index in [2.05, 4.69) is 19.2 Å². The molecule has 1 atom stereocenters. The number of likely N-dealkylation sites (N-methyl/N-ethyl adjacent to an activating group) is 1. The molecule has 35 heavy (non-hydrogen) atoms. The Morgan fingerprint density at radius 1 is 0.914 bits per heavy atom. The first-order valence-corrected chi connectivity index (χ1v) is 12.3. The molecule has 184 valence electrons. The maximum atomic E-state index is 13.6. The fourth-order valence-corrected chi connectivity index (χ4v) is 4.16. The van der Waals surface area contributed by atoms with Crippen LogP contribution in [0.4, 0.5) is 0 Å². The van der Waals surface area contributed by atoms with E-state index in [1.54, 1.807) is 4.90 Å². The van der Waals surface area contributed by atoms with Crippen LogP contribution in [0.3, 0.4) is 0 Å². The van der Waals surface area contributed by atoms with Gasteiger partial charge in [0.15, 0.2) is 6.61 Å². The molecule has 0 fully saturated rings. The van der Waals surface area contributed by atoms with Crippen molar-refractivity contribution in [2.45, 2.75) is 52.6 Å². The smallest absolute Gasteiger partial charge is 0.261 e. The van der Waals surface area contributed by atoms with Crippen molar-refractivity contribution in [3.63, 3.8) is 0 Å². The zero-order valence-electron chi connectivity index (χ0n) is 21.2. The van der Waals surface area contributed by atoms with Crippen LogP contribution in [0.5, 0.6) is 5.75 Å². The number of nitrogens with zero attached hydrogens (tertiary/aromatic N) is 1. The molecule has 3 rings (SSSR count). The second-order valence-corrected chi connectivity index (χ2v) is 9.09. The Morgan fingerprint density at radius 3 is 2.29 bits per heavy atom. The molecule has 3 aromatic rings. The van der Waals surface area contributed by atoms with Crippen molar-refractivity contribution in [2.24, 2.45) is 0 Å². The molecule has 0 unspecified atom stereocenters. The van der Waals surface area contributed by atoms with E-state index in [9.17, 15) is 9.59 Å². The second-order valence-electron chi connectivity index (χ2n) is 9.09. The number of amides is 2. The van der Waals surface area contributed by atoms with Crippen LogP contribution < -0.4 is 10.1 Å². The Kier molecular flexibility index (Phi) is 9.47. The van der Waals surface area contributed by atoms with E-state index in [4.69, 9.17) is 4.74 Å². The zero-order chi connectivity index (χ0) is 25.2. The Bertz CT molecular complexity index is 1110. The Labute approximate surface area is 209 Å². The van der Waals surface area contributed by atoms with Gasteiger partial charge in [-0.15, -0.1) is 0 Å². The van der Waals surface area contributed by atoms with Gasteiger partial charge in [0, 0.05) is 19.5 Å². The van der Waals surface area contributed by atoms with Crippen molar-refractivity contribution in [1.29, 1.82) is 0 Å². The molecule has 1 N–H and O–H groups in total. The molecular formula is C30H36N2O3. The van der Waals surface area contributed by atoms with Crippen molar-refractivity contribution >= 4 is 11.8 Å². The molecule has 0 aliphatic heterocycles. The van der Waals surface area contributed by atoms with Crippen molar-refractivity contribution in [3.05, 3.63) is 101 Å². The molecule has 0 spiro atoms. The molecule has 0 heterocycles. The molecule has 5 nitrogen and oxygen atoms in total. The summed E-state index contributed by atoms with van der Waals surface area (Å²) in [6.07, 6.45) is 0.423. The molecule has 0 aromatic heterocycles. The van der Waals surface area contributed by atoms with Crippen molar-refractivity contribution in [3.8, 4) is 5.75 Å². The van der Waals surface area contributed by atoms with E-state index in [1.807, 2.05) is 92.7 Å². The van der Waals surface area contributed by atoms with E-state index >= 15 is 0 Å². The topological polar surface area (TPSA) is 58.6 Å². The highest BCUT2D eigenvalue weighted by molar-refractivity contribution is 5.88. The van der Waals surface area contributed by atoms with Crippen LogP contribution in [0.2, 0.25) is 0 Å². The summed E-state index contributed by atoms with van der Waals surface area (Å²) in [6, 6.07) is 25.0. The zero-order valence-corrected chi connectivity index (χ0v) is 21.2. The molecule has 3 aromatic carbocycles. The molecule has 0 saturated carbocycles. The lowest BCUT2D eigenvalue weighted by Crippen LogP contribution is -2.51. The van der Waals surface area contributed by atoms with Crippen molar-refractivity contribution in [2.75, 3.05) is 13.2 Å². The number of ether oxygens (including phenoxy) is 1. The van der Waals surface area contributed by atoms with Gasteiger partial charge < -0.3 is 15.0 Å². The summed E-state index contributed by atoms with van der Waals surface area (Å²) in [4.78, 5) is 28.5. The van der Waals surface area contributed by atoms with Crippen LogP contribution in [0.1, 0.15) is 48.9 Å². The summed E-state index contributed by atoms with van der Waals surface area (Å²) >= 11 is 0. The van der Waals surface area contributed by atoms with Crippen LogP contribution in [0, 0.1) is 6.92 Å². The number of para-hydroxylation sites is 1. The first-order valence-electron chi connectivity index (χ1n) is 12.3. The van der Waals surface area contributed by atoms with Gasteiger partial charge in [-0.05, 0) is 42.5 Å². The van der Waals surface area contributed by atoms with E-state index < -0.39 is 6.04 Å². The minimum Gasteiger partial charge on any atom is -0.483 e. The molecule has 2 amide bonds. The summed E-state index contributed by atoms with van der Waals surface area (Å²) in [5.74, 6) is 0.576. The van der Waals surface area contributed by atoms with E-state index in [-0.39, 0.29) is 24.3 Å². The summed E-state index contributed by atoms with van der Waals surface area (Å²) in [7, 11) is 0. The van der Waals surface area contributed by atoms with Gasteiger partial charge in [-0.25, -0.2) is 0 Å². The number of rotatable bonds is 11.